The highest BCUT2D eigenvalue weighted by Crippen LogP contribution is 2.42. The van der Waals surface area contributed by atoms with Crippen LogP contribution in [-0.2, 0) is 21.0 Å². The number of hydrogen-bond donors (Lipinski definition) is 2. The number of rotatable bonds is 6. The molecule has 0 saturated carbocycles. The van der Waals surface area contributed by atoms with Crippen LogP contribution in [0.1, 0.15) is 104 Å². The van der Waals surface area contributed by atoms with E-state index in [-0.39, 0.29) is 33.4 Å². The number of carbonyl (C=O) groups excluding carboxylic acids is 2. The molecular formula is C36H42N2O5. The van der Waals surface area contributed by atoms with Crippen LogP contribution in [0.25, 0.3) is 11.4 Å². The molecule has 1 aromatic heterocycles. The third kappa shape index (κ3) is 6.51. The van der Waals surface area contributed by atoms with E-state index in [4.69, 9.17) is 9.47 Å². The molecular weight excluding hydrogens is 540 g/mol. The summed E-state index contributed by atoms with van der Waals surface area (Å²) in [5.74, 6) is -0.703. The number of nitrogens with one attached hydrogen (secondary N) is 1. The number of aromatic hydroxyl groups is 1. The van der Waals surface area contributed by atoms with Gasteiger partial charge in [-0.3, -0.25) is 0 Å². The van der Waals surface area contributed by atoms with Gasteiger partial charge in [-0.1, -0.05) is 97.4 Å². The molecule has 0 atom stereocenters. The highest BCUT2D eigenvalue weighted by atomic mass is 16.5. The molecule has 0 aliphatic heterocycles. The van der Waals surface area contributed by atoms with Crippen molar-refractivity contribution in [2.24, 2.45) is 0 Å². The van der Waals surface area contributed by atoms with Crippen molar-refractivity contribution in [3.05, 3.63) is 99.9 Å². The van der Waals surface area contributed by atoms with Crippen molar-refractivity contribution >= 4 is 11.9 Å². The van der Waals surface area contributed by atoms with Crippen molar-refractivity contribution in [2.45, 2.75) is 78.6 Å². The Morgan fingerprint density at radius 2 is 1.26 bits per heavy atom. The van der Waals surface area contributed by atoms with E-state index in [9.17, 15) is 14.7 Å². The first-order chi connectivity index (χ1) is 19.9. The number of benzene rings is 3. The van der Waals surface area contributed by atoms with Crippen molar-refractivity contribution in [1.29, 1.82) is 0 Å². The average Bonchev–Trinajstić information content (AvgIpc) is 3.38. The summed E-state index contributed by atoms with van der Waals surface area (Å²) in [5, 5.41) is 11.1. The minimum Gasteiger partial charge on any atom is -0.507 e. The van der Waals surface area contributed by atoms with E-state index in [0.717, 1.165) is 16.7 Å². The lowest BCUT2D eigenvalue weighted by molar-refractivity contribution is 0.0581. The lowest BCUT2D eigenvalue weighted by Crippen LogP contribution is -2.19. The molecule has 0 aliphatic carbocycles. The van der Waals surface area contributed by atoms with Crippen molar-refractivity contribution in [2.75, 3.05) is 7.11 Å². The molecule has 0 saturated heterocycles. The zero-order valence-corrected chi connectivity index (χ0v) is 26.8. The van der Waals surface area contributed by atoms with Crippen LogP contribution in [0.15, 0.2) is 60.7 Å². The molecule has 0 aliphatic rings. The summed E-state index contributed by atoms with van der Waals surface area (Å²) < 4.78 is 10.6. The van der Waals surface area contributed by atoms with Crippen molar-refractivity contribution in [3.8, 4) is 22.9 Å². The number of aromatic nitrogens is 2. The molecule has 2 N–H and O–H groups in total. The zero-order valence-electron chi connectivity index (χ0n) is 26.8. The number of phenolic OH excluding ortho intramolecular Hbond substituents is 1. The van der Waals surface area contributed by atoms with Gasteiger partial charge >= 0.3 is 11.9 Å². The van der Waals surface area contributed by atoms with E-state index in [1.54, 1.807) is 12.1 Å². The first kappa shape index (κ1) is 31.5. The highest BCUT2D eigenvalue weighted by Gasteiger charge is 2.30. The Hall–Kier alpha value is -4.39. The fourth-order valence-corrected chi connectivity index (χ4v) is 5.05. The second-order valence-corrected chi connectivity index (χ2v) is 13.6. The standard InChI is InChI=1S/C36H42N2O5/c1-21-11-13-23(14-12-21)36(8,9)24-15-17-25(18-16-24)43-33(41)29-28(32(40)42-10)37-31(38-29)22-19-26(34(2,3)4)30(39)27(20-22)35(5,6)7/h11-20,39H,1-10H3,(H,37,38). The Morgan fingerprint density at radius 1 is 0.767 bits per heavy atom. The van der Waals surface area contributed by atoms with Gasteiger partial charge in [0.1, 0.15) is 17.3 Å². The molecule has 0 bridgehead atoms. The average molecular weight is 583 g/mol. The highest BCUT2D eigenvalue weighted by molar-refractivity contribution is 6.02. The normalized spacial score (nSPS) is 12.2. The number of ether oxygens (including phenoxy) is 2. The predicted molar refractivity (Wildman–Crippen MR) is 169 cm³/mol. The number of aryl methyl sites for hydroxylation is 1. The molecule has 43 heavy (non-hydrogen) atoms. The number of esters is 2. The zero-order chi connectivity index (χ0) is 31.9. The summed E-state index contributed by atoms with van der Waals surface area (Å²) >= 11 is 0. The van der Waals surface area contributed by atoms with Crippen LogP contribution < -0.4 is 4.74 Å². The SMILES string of the molecule is COC(=O)c1[nH]c(-c2cc(C(C)(C)C)c(O)c(C(C)(C)C)c2)nc1C(=O)Oc1ccc(C(C)(C)c2ccc(C)cc2)cc1. The number of methoxy groups -OCH3 is 1. The second-order valence-electron chi connectivity index (χ2n) is 13.6. The third-order valence-corrected chi connectivity index (χ3v) is 7.85. The van der Waals surface area contributed by atoms with E-state index in [0.29, 0.717) is 17.1 Å². The number of imidazole rings is 1. The van der Waals surface area contributed by atoms with Gasteiger partial charge in [-0.2, -0.15) is 0 Å². The molecule has 0 unspecified atom stereocenters. The topological polar surface area (TPSA) is 102 Å². The maximum atomic E-state index is 13.4. The van der Waals surface area contributed by atoms with Crippen LogP contribution in [0.4, 0.5) is 0 Å². The van der Waals surface area contributed by atoms with Crippen LogP contribution in [0, 0.1) is 6.92 Å². The molecule has 7 nitrogen and oxygen atoms in total. The largest absolute Gasteiger partial charge is 0.507 e. The third-order valence-electron chi connectivity index (χ3n) is 7.85. The Balaban J connectivity index is 1.70. The Labute approximate surface area is 254 Å². The molecule has 226 valence electrons. The number of H-pyrrole nitrogens is 1. The molecule has 0 radical (unpaired) electrons. The molecule has 4 aromatic rings. The molecule has 0 fully saturated rings. The molecule has 1 heterocycles. The van der Waals surface area contributed by atoms with Gasteiger partial charge in [0, 0.05) is 22.1 Å². The second kappa shape index (κ2) is 11.4. The van der Waals surface area contributed by atoms with E-state index in [1.807, 2.05) is 65.8 Å². The van der Waals surface area contributed by atoms with Crippen LogP contribution in [0.2, 0.25) is 0 Å². The summed E-state index contributed by atoms with van der Waals surface area (Å²) in [6.45, 7) is 18.4. The van der Waals surface area contributed by atoms with Crippen molar-refractivity contribution in [3.63, 3.8) is 0 Å². The quantitative estimate of drug-likeness (QED) is 0.176. The number of phenols is 1. The Morgan fingerprint density at radius 3 is 1.72 bits per heavy atom. The van der Waals surface area contributed by atoms with E-state index >= 15 is 0 Å². The van der Waals surface area contributed by atoms with Gasteiger partial charge < -0.3 is 19.6 Å². The van der Waals surface area contributed by atoms with Crippen molar-refractivity contribution in [1.82, 2.24) is 9.97 Å². The van der Waals surface area contributed by atoms with E-state index < -0.39 is 11.9 Å². The van der Waals surface area contributed by atoms with E-state index in [1.165, 1.54) is 18.2 Å². The smallest absolute Gasteiger partial charge is 0.364 e. The van der Waals surface area contributed by atoms with Gasteiger partial charge in [-0.05, 0) is 53.1 Å². The number of carbonyl (C=O) groups is 2. The van der Waals surface area contributed by atoms with Crippen LogP contribution in [0.3, 0.4) is 0 Å². The van der Waals surface area contributed by atoms with Gasteiger partial charge in [0.05, 0.1) is 7.11 Å². The van der Waals surface area contributed by atoms with E-state index in [2.05, 4.69) is 55.0 Å². The maximum absolute atomic E-state index is 13.4. The van der Waals surface area contributed by atoms with Gasteiger partial charge in [-0.25, -0.2) is 14.6 Å². The fourth-order valence-electron chi connectivity index (χ4n) is 5.05. The lowest BCUT2D eigenvalue weighted by atomic mass is 9.78. The lowest BCUT2D eigenvalue weighted by Gasteiger charge is -2.28. The summed E-state index contributed by atoms with van der Waals surface area (Å²) in [4.78, 5) is 33.6. The first-order valence-corrected chi connectivity index (χ1v) is 14.4. The van der Waals surface area contributed by atoms with Gasteiger partial charge in [0.2, 0.25) is 0 Å². The first-order valence-electron chi connectivity index (χ1n) is 14.4. The molecule has 0 spiro atoms. The van der Waals surface area contributed by atoms with Crippen LogP contribution in [0.5, 0.6) is 11.5 Å². The number of hydrogen-bond acceptors (Lipinski definition) is 6. The van der Waals surface area contributed by atoms with Gasteiger partial charge in [0.15, 0.2) is 11.4 Å². The van der Waals surface area contributed by atoms with Crippen LogP contribution in [-0.4, -0.2) is 34.1 Å². The van der Waals surface area contributed by atoms with Crippen LogP contribution >= 0.6 is 0 Å². The summed E-state index contributed by atoms with van der Waals surface area (Å²) in [6, 6.07) is 19.4. The molecule has 0 amide bonds. The fraction of sp³-hybridized carbons (Fsp3) is 0.361. The molecule has 4 rings (SSSR count). The van der Waals surface area contributed by atoms with Gasteiger partial charge in [-0.15, -0.1) is 0 Å². The molecule has 7 heteroatoms. The minimum absolute atomic E-state index is 0.109. The van der Waals surface area contributed by atoms with Gasteiger partial charge in [0.25, 0.3) is 0 Å². The summed E-state index contributed by atoms with van der Waals surface area (Å²) in [5.41, 5.74) is 4.21. The number of nitrogens with zero attached hydrogens (tertiary/aromatic N) is 1. The minimum atomic E-state index is -0.792. The number of aromatic amines is 1. The summed E-state index contributed by atoms with van der Waals surface area (Å²) in [7, 11) is 1.24. The monoisotopic (exact) mass is 582 g/mol. The Bertz CT molecular complexity index is 1610. The Kier molecular flexibility index (Phi) is 8.33. The van der Waals surface area contributed by atoms with Crippen molar-refractivity contribution < 1.29 is 24.2 Å². The molecule has 3 aromatic carbocycles. The predicted octanol–water partition coefficient (Wildman–Crippen LogP) is 8.02. The summed E-state index contributed by atoms with van der Waals surface area (Å²) in [6.07, 6.45) is 0. The maximum Gasteiger partial charge on any atom is 0.364 e.